The number of hydrogen-bond acceptors (Lipinski definition) is 5. The van der Waals surface area contributed by atoms with Gasteiger partial charge in [0.1, 0.15) is 11.5 Å². The summed E-state index contributed by atoms with van der Waals surface area (Å²) in [5.41, 5.74) is 1.76. The van der Waals surface area contributed by atoms with Crippen LogP contribution in [0.15, 0.2) is 54.6 Å². The Kier molecular flexibility index (Phi) is 7.24. The van der Waals surface area contributed by atoms with E-state index in [0.29, 0.717) is 18.6 Å². The van der Waals surface area contributed by atoms with Crippen LogP contribution in [0.2, 0.25) is 0 Å². The minimum Gasteiger partial charge on any atom is -0.496 e. The Balaban J connectivity index is 1.66. The molecule has 0 aliphatic heterocycles. The molecule has 130 valence electrons. The summed E-state index contributed by atoms with van der Waals surface area (Å²) in [5.74, 6) is 0.692. The molecule has 0 saturated heterocycles. The fourth-order valence-electron chi connectivity index (χ4n) is 2.23. The van der Waals surface area contributed by atoms with E-state index in [1.165, 1.54) is 0 Å². The molecular weight excluding hydrogens is 328 g/mol. The smallest absolute Gasteiger partial charge is 0.271 e. The monoisotopic (exact) mass is 350 g/mol. The zero-order valence-electron chi connectivity index (χ0n) is 13.7. The Labute approximate surface area is 143 Å². The molecule has 6 heteroatoms. The summed E-state index contributed by atoms with van der Waals surface area (Å²) in [6.07, 6.45) is 0.695. The molecule has 0 N–H and O–H groups in total. The second-order valence-corrected chi connectivity index (χ2v) is 6.82. The van der Waals surface area contributed by atoms with Crippen molar-refractivity contribution >= 4 is 10.1 Å². The molecule has 0 heterocycles. The number of benzene rings is 2. The zero-order valence-corrected chi connectivity index (χ0v) is 14.5. The second-order valence-electron chi connectivity index (χ2n) is 5.18. The van der Waals surface area contributed by atoms with Crippen LogP contribution in [0.1, 0.15) is 11.1 Å². The van der Waals surface area contributed by atoms with Crippen molar-refractivity contribution in [3.05, 3.63) is 65.7 Å². The number of ether oxygens (including phenoxy) is 2. The Hall–Kier alpha value is -1.89. The average molecular weight is 350 g/mol. The van der Waals surface area contributed by atoms with Crippen LogP contribution in [0, 0.1) is 0 Å². The van der Waals surface area contributed by atoms with E-state index in [9.17, 15) is 8.42 Å². The molecule has 0 aromatic heterocycles. The van der Waals surface area contributed by atoms with Crippen molar-refractivity contribution in [1.82, 2.24) is 0 Å². The van der Waals surface area contributed by atoms with E-state index < -0.39 is 10.1 Å². The Morgan fingerprint density at radius 1 is 0.875 bits per heavy atom. The van der Waals surface area contributed by atoms with Crippen LogP contribution in [0.3, 0.4) is 0 Å². The largest absolute Gasteiger partial charge is 0.496 e. The van der Waals surface area contributed by atoms with Gasteiger partial charge in [-0.2, -0.15) is 8.42 Å². The van der Waals surface area contributed by atoms with Gasteiger partial charge in [0, 0.05) is 0 Å². The van der Waals surface area contributed by atoms with Crippen molar-refractivity contribution < 1.29 is 22.1 Å². The molecule has 0 aliphatic carbocycles. The third-order valence-corrected chi connectivity index (χ3v) is 4.60. The van der Waals surface area contributed by atoms with Gasteiger partial charge < -0.3 is 9.47 Å². The third kappa shape index (κ3) is 6.31. The lowest BCUT2D eigenvalue weighted by Gasteiger charge is -2.09. The highest BCUT2D eigenvalue weighted by molar-refractivity contribution is 7.85. The highest BCUT2D eigenvalue weighted by Crippen LogP contribution is 2.17. The highest BCUT2D eigenvalue weighted by atomic mass is 32.2. The summed E-state index contributed by atoms with van der Waals surface area (Å²) >= 11 is 0. The van der Waals surface area contributed by atoms with Gasteiger partial charge in [-0.1, -0.05) is 48.5 Å². The summed E-state index contributed by atoms with van der Waals surface area (Å²) in [7, 11) is -1.95. The molecule has 0 atom stereocenters. The molecule has 0 spiro atoms. The number of rotatable bonds is 10. The third-order valence-electron chi connectivity index (χ3n) is 3.39. The number of hydrogen-bond donors (Lipinski definition) is 0. The predicted octanol–water partition coefficient (Wildman–Crippen LogP) is 2.80. The molecule has 24 heavy (non-hydrogen) atoms. The van der Waals surface area contributed by atoms with Crippen molar-refractivity contribution in [2.24, 2.45) is 0 Å². The molecular formula is C18H22O5S. The molecule has 5 nitrogen and oxygen atoms in total. The van der Waals surface area contributed by atoms with E-state index >= 15 is 0 Å². The van der Waals surface area contributed by atoms with E-state index in [-0.39, 0.29) is 19.0 Å². The van der Waals surface area contributed by atoms with Gasteiger partial charge in [-0.25, -0.2) is 0 Å². The Morgan fingerprint density at radius 2 is 1.58 bits per heavy atom. The van der Waals surface area contributed by atoms with Crippen LogP contribution in [0.25, 0.3) is 0 Å². The normalized spacial score (nSPS) is 11.4. The maximum atomic E-state index is 11.8. The van der Waals surface area contributed by atoms with E-state index in [1.807, 2.05) is 30.3 Å². The van der Waals surface area contributed by atoms with E-state index in [4.69, 9.17) is 13.7 Å². The van der Waals surface area contributed by atoms with Gasteiger partial charge in [0.2, 0.25) is 0 Å². The van der Waals surface area contributed by atoms with Crippen molar-refractivity contribution in [3.8, 4) is 5.75 Å². The van der Waals surface area contributed by atoms with Crippen LogP contribution in [0.5, 0.6) is 5.75 Å². The second kappa shape index (κ2) is 9.42. The van der Waals surface area contributed by atoms with Gasteiger partial charge in [0.05, 0.1) is 26.9 Å². The van der Waals surface area contributed by atoms with Crippen molar-refractivity contribution in [3.63, 3.8) is 0 Å². The first-order valence-electron chi connectivity index (χ1n) is 7.71. The Morgan fingerprint density at radius 3 is 2.33 bits per heavy atom. The summed E-state index contributed by atoms with van der Waals surface area (Å²) < 4.78 is 39.3. The molecule has 0 saturated carbocycles. The molecule has 0 unspecified atom stereocenters. The average Bonchev–Trinajstić information content (AvgIpc) is 2.58. The number of para-hydroxylation sites is 1. The SMILES string of the molecule is COc1ccccc1CCOCCOS(=O)(=O)Cc1ccccc1. The zero-order chi connectivity index (χ0) is 17.3. The minimum absolute atomic E-state index is 0.0150. The summed E-state index contributed by atoms with van der Waals surface area (Å²) in [6.45, 7) is 0.715. The minimum atomic E-state index is -3.58. The first-order chi connectivity index (χ1) is 11.6. The summed E-state index contributed by atoms with van der Waals surface area (Å²) in [4.78, 5) is 0. The first-order valence-corrected chi connectivity index (χ1v) is 9.29. The van der Waals surface area contributed by atoms with Gasteiger partial charge in [0.15, 0.2) is 0 Å². The van der Waals surface area contributed by atoms with Crippen LogP contribution >= 0.6 is 0 Å². The molecule has 0 aliphatic rings. The van der Waals surface area contributed by atoms with Crippen molar-refractivity contribution in [1.29, 1.82) is 0 Å². The van der Waals surface area contributed by atoms with Crippen LogP contribution < -0.4 is 4.74 Å². The van der Waals surface area contributed by atoms with Gasteiger partial charge in [-0.3, -0.25) is 4.18 Å². The lowest BCUT2D eigenvalue weighted by atomic mass is 10.1. The van der Waals surface area contributed by atoms with E-state index in [1.54, 1.807) is 31.4 Å². The highest BCUT2D eigenvalue weighted by Gasteiger charge is 2.12. The van der Waals surface area contributed by atoms with Crippen molar-refractivity contribution in [2.75, 3.05) is 26.9 Å². The lowest BCUT2D eigenvalue weighted by Crippen LogP contribution is -2.14. The predicted molar refractivity (Wildman–Crippen MR) is 92.5 cm³/mol. The van der Waals surface area contributed by atoms with Gasteiger partial charge in [0.25, 0.3) is 10.1 Å². The quantitative estimate of drug-likeness (QED) is 0.487. The summed E-state index contributed by atoms with van der Waals surface area (Å²) in [5, 5.41) is 0. The molecule has 0 fully saturated rings. The fourth-order valence-corrected chi connectivity index (χ4v) is 3.24. The van der Waals surface area contributed by atoms with Crippen LogP contribution in [0.4, 0.5) is 0 Å². The first kappa shape index (κ1) is 18.4. The topological polar surface area (TPSA) is 61.8 Å². The van der Waals surface area contributed by atoms with Crippen LogP contribution in [-0.2, 0) is 31.2 Å². The van der Waals surface area contributed by atoms with E-state index in [2.05, 4.69) is 0 Å². The van der Waals surface area contributed by atoms with Gasteiger partial charge in [-0.05, 0) is 23.6 Å². The molecule has 2 rings (SSSR count). The van der Waals surface area contributed by atoms with Crippen molar-refractivity contribution in [2.45, 2.75) is 12.2 Å². The molecule has 2 aromatic rings. The number of methoxy groups -OCH3 is 1. The summed E-state index contributed by atoms with van der Waals surface area (Å²) in [6, 6.07) is 16.7. The van der Waals surface area contributed by atoms with Gasteiger partial charge in [-0.15, -0.1) is 0 Å². The lowest BCUT2D eigenvalue weighted by molar-refractivity contribution is 0.104. The fraction of sp³-hybridized carbons (Fsp3) is 0.333. The molecule has 0 amide bonds. The Bertz CT molecular complexity index is 713. The van der Waals surface area contributed by atoms with Crippen LogP contribution in [-0.4, -0.2) is 35.3 Å². The standard InChI is InChI=1S/C18H22O5S/c1-21-18-10-6-5-9-17(18)11-12-22-13-14-23-24(19,20)15-16-7-3-2-4-8-16/h2-10H,11-15H2,1H3. The maximum absolute atomic E-state index is 11.8. The molecule has 2 aromatic carbocycles. The molecule has 0 radical (unpaired) electrons. The molecule has 0 bridgehead atoms. The van der Waals surface area contributed by atoms with Gasteiger partial charge >= 0.3 is 0 Å². The maximum Gasteiger partial charge on any atom is 0.271 e. The van der Waals surface area contributed by atoms with E-state index in [0.717, 1.165) is 11.3 Å².